The number of benzene rings is 1. The number of hydrogen-bond acceptors (Lipinski definition) is 9. The number of fused-ring (bicyclic) bond motifs is 3. The van der Waals surface area contributed by atoms with E-state index in [1.807, 2.05) is 6.92 Å². The van der Waals surface area contributed by atoms with Gasteiger partial charge in [-0.05, 0) is 51.4 Å². The molecule has 10 heteroatoms. The van der Waals surface area contributed by atoms with Crippen LogP contribution in [0.1, 0.15) is 42.1 Å². The van der Waals surface area contributed by atoms with Crippen LogP contribution in [0.25, 0.3) is 0 Å². The molecule has 35 heavy (non-hydrogen) atoms. The Morgan fingerprint density at radius 3 is 2.51 bits per heavy atom. The quantitative estimate of drug-likeness (QED) is 0.294. The van der Waals surface area contributed by atoms with Crippen LogP contribution in [0, 0.1) is 11.8 Å². The van der Waals surface area contributed by atoms with Gasteiger partial charge in [0.05, 0.1) is 18.2 Å². The molecule has 4 unspecified atom stereocenters. The first kappa shape index (κ1) is 24.7. The Morgan fingerprint density at radius 1 is 1.23 bits per heavy atom. The molecule has 1 amide bonds. The van der Waals surface area contributed by atoms with Crippen molar-refractivity contribution in [3.63, 3.8) is 0 Å². The number of nitrogens with zero attached hydrogens (tertiary/aromatic N) is 1. The number of ketones is 2. The maximum absolute atomic E-state index is 13.6. The first-order chi connectivity index (χ1) is 16.5. The molecule has 3 aliphatic rings. The number of hydrogen-bond donors (Lipinski definition) is 5. The molecule has 0 heterocycles. The SMILES string of the molecule is CCCCOc1ccc(O)c2c1CC1CC3C(N(C)C)C(O)=C(C(N)=O)C(=O)C3(O)C(O)=C1C2=O. The molecule has 0 aromatic heterocycles. The maximum Gasteiger partial charge on any atom is 0.255 e. The van der Waals surface area contributed by atoms with Gasteiger partial charge >= 0.3 is 0 Å². The predicted octanol–water partition coefficient (Wildman–Crippen LogP) is 1.30. The average Bonchev–Trinajstić information content (AvgIpc) is 2.77. The van der Waals surface area contributed by atoms with Crippen LogP contribution < -0.4 is 10.5 Å². The van der Waals surface area contributed by atoms with Gasteiger partial charge in [0.25, 0.3) is 5.91 Å². The molecule has 0 aliphatic heterocycles. The molecule has 0 bridgehead atoms. The summed E-state index contributed by atoms with van der Waals surface area (Å²) < 4.78 is 5.86. The number of rotatable bonds is 6. The van der Waals surface area contributed by atoms with E-state index in [9.17, 15) is 34.8 Å². The Labute approximate surface area is 202 Å². The highest BCUT2D eigenvalue weighted by Gasteiger charge is 2.63. The summed E-state index contributed by atoms with van der Waals surface area (Å²) in [5, 5.41) is 44.1. The van der Waals surface area contributed by atoms with Crippen molar-refractivity contribution in [2.24, 2.45) is 17.6 Å². The first-order valence-corrected chi connectivity index (χ1v) is 11.6. The molecular formula is C25H30N2O8. The predicted molar refractivity (Wildman–Crippen MR) is 124 cm³/mol. The number of carbonyl (C=O) groups excluding carboxylic acids is 3. The van der Waals surface area contributed by atoms with Crippen LogP contribution in [0.15, 0.2) is 34.8 Å². The number of aliphatic hydroxyl groups excluding tert-OH is 2. The Kier molecular flexibility index (Phi) is 6.14. The zero-order valence-corrected chi connectivity index (χ0v) is 19.9. The lowest BCUT2D eigenvalue weighted by Crippen LogP contribution is -2.63. The highest BCUT2D eigenvalue weighted by molar-refractivity contribution is 6.24. The number of phenolic OH excluding ortho intramolecular Hbond substituents is 1. The second-order valence-electron chi connectivity index (χ2n) is 9.60. The van der Waals surface area contributed by atoms with Crippen molar-refractivity contribution in [2.45, 2.75) is 44.2 Å². The lowest BCUT2D eigenvalue weighted by Gasteiger charge is -2.50. The molecular weight excluding hydrogens is 456 g/mol. The van der Waals surface area contributed by atoms with Crippen LogP contribution in [0.2, 0.25) is 0 Å². The van der Waals surface area contributed by atoms with Gasteiger partial charge in [-0.25, -0.2) is 0 Å². The van der Waals surface area contributed by atoms with E-state index in [4.69, 9.17) is 10.5 Å². The minimum atomic E-state index is -2.64. The molecule has 0 spiro atoms. The number of ether oxygens (including phenoxy) is 1. The van der Waals surface area contributed by atoms with Crippen LogP contribution in [0.4, 0.5) is 0 Å². The molecule has 6 N–H and O–H groups in total. The molecule has 0 saturated carbocycles. The number of aromatic hydroxyl groups is 1. The summed E-state index contributed by atoms with van der Waals surface area (Å²) in [6, 6.07) is 1.89. The Morgan fingerprint density at radius 2 is 1.91 bits per heavy atom. The number of unbranched alkanes of at least 4 members (excludes halogenated alkanes) is 1. The van der Waals surface area contributed by atoms with Gasteiger partial charge in [0.15, 0.2) is 11.4 Å². The molecule has 3 aliphatic carbocycles. The van der Waals surface area contributed by atoms with E-state index in [0.717, 1.165) is 12.8 Å². The number of Topliss-reactive ketones (excluding diaryl/α,β-unsaturated/α-hetero) is 2. The molecule has 188 valence electrons. The number of carbonyl (C=O) groups is 3. The van der Waals surface area contributed by atoms with E-state index in [1.54, 1.807) is 20.2 Å². The fourth-order valence-corrected chi connectivity index (χ4v) is 5.68. The Bertz CT molecular complexity index is 1180. The lowest BCUT2D eigenvalue weighted by molar-refractivity contribution is -0.148. The molecule has 4 atom stereocenters. The molecule has 1 aromatic carbocycles. The van der Waals surface area contributed by atoms with E-state index in [-0.39, 0.29) is 29.7 Å². The highest BCUT2D eigenvalue weighted by Crippen LogP contribution is 2.53. The molecule has 4 rings (SSSR count). The topological polar surface area (TPSA) is 171 Å². The Hall–Kier alpha value is -3.37. The van der Waals surface area contributed by atoms with Crippen molar-refractivity contribution < 1.29 is 39.5 Å². The smallest absolute Gasteiger partial charge is 0.255 e. The van der Waals surface area contributed by atoms with Crippen molar-refractivity contribution >= 4 is 17.5 Å². The zero-order chi connectivity index (χ0) is 25.8. The van der Waals surface area contributed by atoms with E-state index < -0.39 is 58.0 Å². The van der Waals surface area contributed by atoms with Gasteiger partial charge in [-0.15, -0.1) is 0 Å². The summed E-state index contributed by atoms with van der Waals surface area (Å²) in [6.45, 7) is 2.44. The number of allylic oxidation sites excluding steroid dienone is 1. The third kappa shape index (κ3) is 3.51. The van der Waals surface area contributed by atoms with Gasteiger partial charge in [-0.2, -0.15) is 0 Å². The fourth-order valence-electron chi connectivity index (χ4n) is 5.68. The number of amides is 1. The van der Waals surface area contributed by atoms with Crippen molar-refractivity contribution in [3.05, 3.63) is 45.9 Å². The average molecular weight is 487 g/mol. The molecule has 0 fully saturated rings. The summed E-state index contributed by atoms with van der Waals surface area (Å²) in [6.07, 6.45) is 1.95. The number of nitrogens with two attached hydrogens (primary N) is 1. The summed E-state index contributed by atoms with van der Waals surface area (Å²) in [5.41, 5.74) is 2.10. The number of primary amides is 1. The summed E-state index contributed by atoms with van der Waals surface area (Å²) in [4.78, 5) is 40.3. The van der Waals surface area contributed by atoms with Crippen LogP contribution in [0.3, 0.4) is 0 Å². The van der Waals surface area contributed by atoms with Crippen molar-refractivity contribution in [3.8, 4) is 11.5 Å². The van der Waals surface area contributed by atoms with Crippen molar-refractivity contribution in [2.75, 3.05) is 20.7 Å². The molecule has 1 aromatic rings. The third-order valence-corrected chi connectivity index (χ3v) is 7.32. The summed E-state index contributed by atoms with van der Waals surface area (Å²) >= 11 is 0. The Balaban J connectivity index is 1.89. The summed E-state index contributed by atoms with van der Waals surface area (Å²) in [7, 11) is 3.18. The van der Waals surface area contributed by atoms with Gasteiger partial charge in [-0.1, -0.05) is 13.3 Å². The maximum atomic E-state index is 13.6. The second kappa shape index (κ2) is 8.69. The van der Waals surface area contributed by atoms with Crippen LogP contribution in [-0.2, 0) is 16.0 Å². The normalized spacial score (nSPS) is 28.1. The van der Waals surface area contributed by atoms with Gasteiger partial charge in [0.2, 0.25) is 5.78 Å². The van der Waals surface area contributed by atoms with E-state index >= 15 is 0 Å². The molecule has 0 radical (unpaired) electrons. The fraction of sp³-hybridized carbons (Fsp3) is 0.480. The van der Waals surface area contributed by atoms with Crippen LogP contribution in [0.5, 0.6) is 11.5 Å². The van der Waals surface area contributed by atoms with Crippen LogP contribution >= 0.6 is 0 Å². The van der Waals surface area contributed by atoms with Crippen molar-refractivity contribution in [1.82, 2.24) is 4.90 Å². The second-order valence-corrected chi connectivity index (χ2v) is 9.60. The van der Waals surface area contributed by atoms with E-state index in [0.29, 0.717) is 17.9 Å². The van der Waals surface area contributed by atoms with Gasteiger partial charge in [0.1, 0.15) is 28.6 Å². The monoisotopic (exact) mass is 486 g/mol. The molecule has 0 saturated heterocycles. The third-order valence-electron chi connectivity index (χ3n) is 7.32. The highest BCUT2D eigenvalue weighted by atomic mass is 16.5. The van der Waals surface area contributed by atoms with E-state index in [2.05, 4.69) is 0 Å². The number of phenols is 1. The minimum absolute atomic E-state index is 0.0375. The van der Waals surface area contributed by atoms with Gasteiger partial charge in [0, 0.05) is 17.1 Å². The van der Waals surface area contributed by atoms with E-state index in [1.165, 1.54) is 11.0 Å². The van der Waals surface area contributed by atoms with Crippen molar-refractivity contribution in [1.29, 1.82) is 0 Å². The first-order valence-electron chi connectivity index (χ1n) is 11.6. The largest absolute Gasteiger partial charge is 0.510 e. The lowest BCUT2D eigenvalue weighted by atomic mass is 9.58. The van der Waals surface area contributed by atoms with Gasteiger partial charge < -0.3 is 30.9 Å². The number of aliphatic hydroxyl groups is 3. The number of likely N-dealkylation sites (N-methyl/N-ethyl adjacent to an activating group) is 1. The zero-order valence-electron chi connectivity index (χ0n) is 19.9. The minimum Gasteiger partial charge on any atom is -0.510 e. The molecule has 10 nitrogen and oxygen atoms in total. The standard InChI is InChI=1S/C25H30N2O8/c1-4-5-8-35-15-7-6-14(28)17-12(15)9-11-10-13-19(27(2)3)21(30)18(24(26)33)23(32)25(13,34)22(31)16(11)20(17)29/h6-7,11,13,19,28,30-31,34H,4-5,8-10H2,1-3H3,(H2,26,33). The summed E-state index contributed by atoms with van der Waals surface area (Å²) in [5.74, 6) is -6.26. The van der Waals surface area contributed by atoms with Gasteiger partial charge in [-0.3, -0.25) is 19.3 Å². The van der Waals surface area contributed by atoms with Crippen LogP contribution in [-0.4, -0.2) is 75.1 Å².